The highest BCUT2D eigenvalue weighted by molar-refractivity contribution is 7.89. The van der Waals surface area contributed by atoms with Gasteiger partial charge in [-0.15, -0.1) is 0 Å². The summed E-state index contributed by atoms with van der Waals surface area (Å²) in [7, 11) is -3.51. The molecule has 1 atom stereocenters. The average molecular weight is 314 g/mol. The molecule has 1 saturated heterocycles. The summed E-state index contributed by atoms with van der Waals surface area (Å²) in [5, 5.41) is 0. The molecule has 6 nitrogen and oxygen atoms in total. The molecule has 0 amide bonds. The number of nitrogens with two attached hydrogens (primary N) is 1. The van der Waals surface area contributed by atoms with E-state index in [0.29, 0.717) is 24.6 Å². The van der Waals surface area contributed by atoms with Crippen LogP contribution in [-0.4, -0.2) is 34.3 Å². The fourth-order valence-corrected chi connectivity index (χ4v) is 3.26. The molecule has 7 heteroatoms. The van der Waals surface area contributed by atoms with Crippen molar-refractivity contribution in [1.29, 1.82) is 0 Å². The highest BCUT2D eigenvalue weighted by Crippen LogP contribution is 2.26. The minimum absolute atomic E-state index is 0.0483. The van der Waals surface area contributed by atoms with Gasteiger partial charge >= 0.3 is 0 Å². The Balaban J connectivity index is 2.08. The molecule has 1 unspecified atom stereocenters. The fourth-order valence-electron chi connectivity index (χ4n) is 2.20. The van der Waals surface area contributed by atoms with Crippen molar-refractivity contribution in [2.75, 3.05) is 25.5 Å². The van der Waals surface area contributed by atoms with Gasteiger partial charge in [-0.25, -0.2) is 13.1 Å². The minimum atomic E-state index is -3.51. The minimum Gasteiger partial charge on any atom is -0.489 e. The molecule has 2 rings (SSSR count). The van der Waals surface area contributed by atoms with Crippen molar-refractivity contribution in [3.63, 3.8) is 0 Å². The molecule has 0 aromatic heterocycles. The van der Waals surface area contributed by atoms with Crippen molar-refractivity contribution in [3.8, 4) is 5.75 Å². The largest absolute Gasteiger partial charge is 0.489 e. The SMILES string of the molecule is CCNS(=O)(=O)c1ccc(N)c(OCC2CCCCO2)c1. The predicted molar refractivity (Wildman–Crippen MR) is 80.8 cm³/mol. The average Bonchev–Trinajstić information content (AvgIpc) is 2.47. The Morgan fingerprint density at radius 1 is 1.43 bits per heavy atom. The van der Waals surface area contributed by atoms with Crippen LogP contribution in [0, 0.1) is 0 Å². The number of hydrogen-bond acceptors (Lipinski definition) is 5. The van der Waals surface area contributed by atoms with Gasteiger partial charge in [-0.2, -0.15) is 0 Å². The number of ether oxygens (including phenoxy) is 2. The van der Waals surface area contributed by atoms with Gasteiger partial charge in [0.2, 0.25) is 10.0 Å². The van der Waals surface area contributed by atoms with Crippen LogP contribution in [0.5, 0.6) is 5.75 Å². The molecule has 21 heavy (non-hydrogen) atoms. The summed E-state index contributed by atoms with van der Waals surface area (Å²) in [6, 6.07) is 4.47. The van der Waals surface area contributed by atoms with Crippen LogP contribution in [0.3, 0.4) is 0 Å². The van der Waals surface area contributed by atoms with E-state index in [1.54, 1.807) is 13.0 Å². The van der Waals surface area contributed by atoms with Crippen molar-refractivity contribution in [1.82, 2.24) is 4.72 Å². The Morgan fingerprint density at radius 2 is 2.24 bits per heavy atom. The van der Waals surface area contributed by atoms with Crippen LogP contribution >= 0.6 is 0 Å². The van der Waals surface area contributed by atoms with E-state index in [-0.39, 0.29) is 11.0 Å². The van der Waals surface area contributed by atoms with Gasteiger partial charge in [0.1, 0.15) is 12.4 Å². The number of anilines is 1. The Kier molecular flexibility index (Phi) is 5.44. The highest BCUT2D eigenvalue weighted by Gasteiger charge is 2.17. The van der Waals surface area contributed by atoms with Crippen LogP contribution in [0.15, 0.2) is 23.1 Å². The lowest BCUT2D eigenvalue weighted by Gasteiger charge is -2.23. The number of hydrogen-bond donors (Lipinski definition) is 2. The monoisotopic (exact) mass is 314 g/mol. The standard InChI is InChI=1S/C14H22N2O4S/c1-2-16-21(17,18)12-6-7-13(15)14(9-12)20-10-11-5-3-4-8-19-11/h6-7,9,11,16H,2-5,8,10,15H2,1H3. The van der Waals surface area contributed by atoms with Gasteiger partial charge in [0.05, 0.1) is 16.7 Å². The molecule has 0 radical (unpaired) electrons. The van der Waals surface area contributed by atoms with Gasteiger partial charge in [-0.1, -0.05) is 6.92 Å². The molecular weight excluding hydrogens is 292 g/mol. The molecule has 118 valence electrons. The quantitative estimate of drug-likeness (QED) is 0.777. The van der Waals surface area contributed by atoms with E-state index in [2.05, 4.69) is 4.72 Å². The lowest BCUT2D eigenvalue weighted by molar-refractivity contribution is -0.0109. The van der Waals surface area contributed by atoms with E-state index in [1.807, 2.05) is 0 Å². The maximum Gasteiger partial charge on any atom is 0.240 e. The van der Waals surface area contributed by atoms with E-state index in [1.165, 1.54) is 12.1 Å². The Labute approximate surface area is 125 Å². The van der Waals surface area contributed by atoms with E-state index >= 15 is 0 Å². The lowest BCUT2D eigenvalue weighted by Crippen LogP contribution is -2.26. The van der Waals surface area contributed by atoms with E-state index < -0.39 is 10.0 Å². The summed E-state index contributed by atoms with van der Waals surface area (Å²) < 4.78 is 37.6. The van der Waals surface area contributed by atoms with Gasteiger partial charge in [-0.3, -0.25) is 0 Å². The van der Waals surface area contributed by atoms with Crippen LogP contribution in [0.2, 0.25) is 0 Å². The third-order valence-electron chi connectivity index (χ3n) is 3.33. The summed E-state index contributed by atoms with van der Waals surface area (Å²) in [6.07, 6.45) is 3.20. The molecule has 1 fully saturated rings. The predicted octanol–water partition coefficient (Wildman–Crippen LogP) is 1.51. The van der Waals surface area contributed by atoms with Gasteiger partial charge in [0, 0.05) is 19.2 Å². The second kappa shape index (κ2) is 7.11. The maximum absolute atomic E-state index is 12.0. The van der Waals surface area contributed by atoms with Gasteiger partial charge in [-0.05, 0) is 31.4 Å². The molecule has 0 saturated carbocycles. The van der Waals surface area contributed by atoms with E-state index in [0.717, 1.165) is 25.9 Å². The molecule has 3 N–H and O–H groups in total. The zero-order chi connectivity index (χ0) is 15.3. The number of nitrogen functional groups attached to an aromatic ring is 1. The molecule has 1 aliphatic heterocycles. The number of benzene rings is 1. The Bertz CT molecular complexity index is 568. The van der Waals surface area contributed by atoms with Crippen molar-refractivity contribution in [2.24, 2.45) is 0 Å². The van der Waals surface area contributed by atoms with E-state index in [4.69, 9.17) is 15.2 Å². The summed E-state index contributed by atoms with van der Waals surface area (Å²) >= 11 is 0. The molecule has 0 aliphatic carbocycles. The van der Waals surface area contributed by atoms with Gasteiger partial charge in [0.25, 0.3) is 0 Å². The van der Waals surface area contributed by atoms with Crippen molar-refractivity contribution in [3.05, 3.63) is 18.2 Å². The third-order valence-corrected chi connectivity index (χ3v) is 4.87. The van der Waals surface area contributed by atoms with Crippen LogP contribution in [0.1, 0.15) is 26.2 Å². The van der Waals surface area contributed by atoms with Crippen LogP contribution in [0.25, 0.3) is 0 Å². The number of sulfonamides is 1. The lowest BCUT2D eigenvalue weighted by atomic mass is 10.1. The van der Waals surface area contributed by atoms with Crippen molar-refractivity contribution >= 4 is 15.7 Å². The normalized spacial score (nSPS) is 19.4. The van der Waals surface area contributed by atoms with E-state index in [9.17, 15) is 8.42 Å². The van der Waals surface area contributed by atoms with Gasteiger partial charge in [0.15, 0.2) is 0 Å². The maximum atomic E-state index is 12.0. The Hall–Kier alpha value is -1.31. The summed E-state index contributed by atoms with van der Waals surface area (Å²) in [4.78, 5) is 0.151. The summed E-state index contributed by atoms with van der Waals surface area (Å²) in [5.74, 6) is 0.378. The van der Waals surface area contributed by atoms with Crippen molar-refractivity contribution < 1.29 is 17.9 Å². The second-order valence-corrected chi connectivity index (χ2v) is 6.77. The smallest absolute Gasteiger partial charge is 0.240 e. The van der Waals surface area contributed by atoms with Crippen molar-refractivity contribution in [2.45, 2.75) is 37.2 Å². The first-order chi connectivity index (χ1) is 10.0. The zero-order valence-corrected chi connectivity index (χ0v) is 13.0. The van der Waals surface area contributed by atoms with Crippen LogP contribution in [-0.2, 0) is 14.8 Å². The summed E-state index contributed by atoms with van der Waals surface area (Å²) in [6.45, 7) is 3.19. The fraction of sp³-hybridized carbons (Fsp3) is 0.571. The molecule has 1 heterocycles. The van der Waals surface area contributed by atoms with Crippen LogP contribution in [0.4, 0.5) is 5.69 Å². The third kappa shape index (κ3) is 4.33. The molecule has 1 aromatic rings. The first-order valence-electron chi connectivity index (χ1n) is 7.16. The summed E-state index contributed by atoms with van der Waals surface area (Å²) in [5.41, 5.74) is 6.26. The first kappa shape index (κ1) is 16.1. The number of nitrogens with one attached hydrogen (secondary N) is 1. The molecular formula is C14H22N2O4S. The van der Waals surface area contributed by atoms with Crippen LogP contribution < -0.4 is 15.2 Å². The molecule has 1 aliphatic rings. The molecule has 1 aromatic carbocycles. The molecule has 0 spiro atoms. The highest BCUT2D eigenvalue weighted by atomic mass is 32.2. The number of rotatable bonds is 6. The Morgan fingerprint density at radius 3 is 2.90 bits per heavy atom. The first-order valence-corrected chi connectivity index (χ1v) is 8.65. The second-order valence-electron chi connectivity index (χ2n) is 5.00. The molecule has 0 bridgehead atoms. The topological polar surface area (TPSA) is 90.7 Å². The zero-order valence-electron chi connectivity index (χ0n) is 12.2. The van der Waals surface area contributed by atoms with Gasteiger partial charge < -0.3 is 15.2 Å².